The van der Waals surface area contributed by atoms with Gasteiger partial charge in [-0.25, -0.2) is 0 Å². The Hall–Kier alpha value is -1.57. The summed E-state index contributed by atoms with van der Waals surface area (Å²) >= 11 is 0. The van der Waals surface area contributed by atoms with Gasteiger partial charge in [-0.05, 0) is 24.3 Å². The van der Waals surface area contributed by atoms with Crippen LogP contribution in [0.15, 0.2) is 54.6 Å². The van der Waals surface area contributed by atoms with Gasteiger partial charge in [0.2, 0.25) is 7.98 Å². The van der Waals surface area contributed by atoms with Crippen molar-refractivity contribution >= 4 is 39.7 Å². The Kier molecular flexibility index (Phi) is 3.40. The van der Waals surface area contributed by atoms with Gasteiger partial charge in [-0.15, -0.1) is 0 Å². The zero-order valence-corrected chi connectivity index (χ0v) is 9.85. The topological polar surface area (TPSA) is 3.24 Å². The Labute approximate surface area is 99.5 Å². The molecule has 0 fully saturated rings. The molecule has 0 aromatic heterocycles. The van der Waals surface area contributed by atoms with Crippen LogP contribution in [0.5, 0.6) is 0 Å². The summed E-state index contributed by atoms with van der Waals surface area (Å²) in [7, 11) is 5.36. The van der Waals surface area contributed by atoms with Crippen molar-refractivity contribution in [3.05, 3.63) is 54.6 Å². The van der Waals surface area contributed by atoms with E-state index in [0.29, 0.717) is 0 Å². The van der Waals surface area contributed by atoms with E-state index in [2.05, 4.69) is 69.1 Å². The molecule has 2 aromatic carbocycles. The zero-order chi connectivity index (χ0) is 11.4. The van der Waals surface area contributed by atoms with Crippen LogP contribution in [0.4, 0.5) is 11.4 Å². The lowest BCUT2D eigenvalue weighted by Crippen LogP contribution is -2.18. The highest BCUT2D eigenvalue weighted by atomic mass is 15.0. The van der Waals surface area contributed by atoms with Crippen molar-refractivity contribution in [3.8, 4) is 0 Å². The molecular weight excluding hydrogens is 191 g/mol. The van der Waals surface area contributed by atoms with Crippen LogP contribution in [0.1, 0.15) is 0 Å². The molecule has 0 heterocycles. The Morgan fingerprint density at radius 3 is 2.25 bits per heavy atom. The first kappa shape index (κ1) is 10.9. The van der Waals surface area contributed by atoms with Gasteiger partial charge in [0.1, 0.15) is 7.17 Å². The van der Waals surface area contributed by atoms with Crippen LogP contribution in [-0.4, -0.2) is 22.9 Å². The van der Waals surface area contributed by atoms with E-state index in [4.69, 9.17) is 0 Å². The van der Waals surface area contributed by atoms with Crippen molar-refractivity contribution < 1.29 is 0 Å². The standard InChI is InChI=1S/C12H14B3N/c13-15-10-5-4-8-12(9-10)16(14)11-6-2-1-3-7-11/h1-9,15H,13-14H2. The third-order valence-corrected chi connectivity index (χ3v) is 2.85. The monoisotopic (exact) mass is 205 g/mol. The van der Waals surface area contributed by atoms with Gasteiger partial charge in [0.15, 0.2) is 0 Å². The largest absolute Gasteiger partial charge is 0.394 e. The van der Waals surface area contributed by atoms with E-state index in [-0.39, 0.29) is 0 Å². The molecule has 0 saturated carbocycles. The summed E-state index contributed by atoms with van der Waals surface area (Å²) < 4.78 is 0. The van der Waals surface area contributed by atoms with Gasteiger partial charge in [0.05, 0.1) is 7.74 Å². The maximum atomic E-state index is 2.24. The van der Waals surface area contributed by atoms with Crippen molar-refractivity contribution in [1.82, 2.24) is 0 Å². The van der Waals surface area contributed by atoms with Gasteiger partial charge in [-0.1, -0.05) is 35.8 Å². The molecule has 0 N–H and O–H groups in total. The summed E-state index contributed by atoms with van der Waals surface area (Å²) in [4.78, 5) is 2.21. The van der Waals surface area contributed by atoms with Gasteiger partial charge < -0.3 is 4.81 Å². The number of hydrogen-bond donors (Lipinski definition) is 0. The number of para-hydroxylation sites is 1. The third kappa shape index (κ3) is 2.33. The molecule has 0 atom stereocenters. The molecule has 76 valence electrons. The fraction of sp³-hybridized carbons (Fsp3) is 0. The summed E-state index contributed by atoms with van der Waals surface area (Å²) in [5, 5.41) is 0. The summed E-state index contributed by atoms with van der Waals surface area (Å²) in [6.07, 6.45) is 0. The smallest absolute Gasteiger partial charge is 0.223 e. The Bertz CT molecular complexity index is 459. The lowest BCUT2D eigenvalue weighted by atomic mass is 9.51. The van der Waals surface area contributed by atoms with E-state index in [9.17, 15) is 0 Å². The molecule has 0 aliphatic rings. The minimum Gasteiger partial charge on any atom is -0.394 e. The highest BCUT2D eigenvalue weighted by Crippen LogP contribution is 2.20. The summed E-state index contributed by atoms with van der Waals surface area (Å²) in [6, 6.07) is 19.1. The van der Waals surface area contributed by atoms with Crippen molar-refractivity contribution in [3.63, 3.8) is 0 Å². The summed E-state index contributed by atoms with van der Waals surface area (Å²) in [5.41, 5.74) is 3.83. The van der Waals surface area contributed by atoms with Crippen molar-refractivity contribution in [2.75, 3.05) is 4.81 Å². The Morgan fingerprint density at radius 2 is 1.56 bits per heavy atom. The second kappa shape index (κ2) is 4.97. The molecule has 2 rings (SSSR count). The van der Waals surface area contributed by atoms with Crippen LogP contribution in [0, 0.1) is 0 Å². The zero-order valence-electron chi connectivity index (χ0n) is 9.85. The number of rotatable bonds is 3. The molecule has 16 heavy (non-hydrogen) atoms. The van der Waals surface area contributed by atoms with Crippen LogP contribution in [-0.2, 0) is 0 Å². The quantitative estimate of drug-likeness (QED) is 0.636. The molecule has 0 bridgehead atoms. The number of anilines is 2. The molecule has 0 saturated heterocycles. The Balaban J connectivity index is 2.30. The third-order valence-electron chi connectivity index (χ3n) is 2.85. The Morgan fingerprint density at radius 1 is 0.875 bits per heavy atom. The fourth-order valence-electron chi connectivity index (χ4n) is 1.79. The maximum absolute atomic E-state index is 2.24. The average molecular weight is 205 g/mol. The van der Waals surface area contributed by atoms with E-state index in [1.165, 1.54) is 16.8 Å². The molecule has 0 aliphatic heterocycles. The average Bonchev–Trinajstić information content (AvgIpc) is 2.39. The van der Waals surface area contributed by atoms with Crippen LogP contribution >= 0.6 is 0 Å². The van der Waals surface area contributed by atoms with Gasteiger partial charge in [0.25, 0.3) is 0 Å². The predicted octanol–water partition coefficient (Wildman–Crippen LogP) is -0.0173. The molecule has 0 amide bonds. The van der Waals surface area contributed by atoms with E-state index < -0.39 is 0 Å². The molecular formula is C12H14B3N. The minimum atomic E-state index is 1.08. The summed E-state index contributed by atoms with van der Waals surface area (Å²) in [5.74, 6) is 0. The fourth-order valence-corrected chi connectivity index (χ4v) is 1.79. The van der Waals surface area contributed by atoms with Crippen LogP contribution in [0.25, 0.3) is 0 Å². The van der Waals surface area contributed by atoms with Gasteiger partial charge in [-0.3, -0.25) is 0 Å². The first-order valence-corrected chi connectivity index (χ1v) is 5.69. The first-order chi connectivity index (χ1) is 7.81. The van der Waals surface area contributed by atoms with Crippen LogP contribution < -0.4 is 10.3 Å². The molecule has 0 unspecified atom stereocenters. The predicted molar refractivity (Wildman–Crippen MR) is 78.9 cm³/mol. The second-order valence-corrected chi connectivity index (χ2v) is 3.92. The van der Waals surface area contributed by atoms with E-state index in [1.807, 2.05) is 6.07 Å². The minimum absolute atomic E-state index is 1.08. The molecule has 0 aliphatic carbocycles. The first-order valence-electron chi connectivity index (χ1n) is 5.69. The van der Waals surface area contributed by atoms with Crippen molar-refractivity contribution in [1.29, 1.82) is 0 Å². The lowest BCUT2D eigenvalue weighted by molar-refractivity contribution is 1.42. The van der Waals surface area contributed by atoms with E-state index in [0.717, 1.165) is 7.17 Å². The molecule has 0 spiro atoms. The lowest BCUT2D eigenvalue weighted by Gasteiger charge is -2.20. The SMILES string of the molecule is BBc1cccc(N(B)c2ccccc2)c1. The highest BCUT2D eigenvalue weighted by molar-refractivity contribution is 6.97. The number of benzene rings is 2. The van der Waals surface area contributed by atoms with Crippen LogP contribution in [0.3, 0.4) is 0 Å². The maximum Gasteiger partial charge on any atom is 0.223 e. The number of nitrogens with zero attached hydrogens (tertiary/aromatic N) is 1. The number of hydrogen-bond acceptors (Lipinski definition) is 1. The molecule has 1 nitrogen and oxygen atoms in total. The van der Waals surface area contributed by atoms with Gasteiger partial charge in [0, 0.05) is 11.4 Å². The second-order valence-electron chi connectivity index (χ2n) is 3.92. The molecule has 2 aromatic rings. The molecule has 0 radical (unpaired) electrons. The normalized spacial score (nSPS) is 9.75. The van der Waals surface area contributed by atoms with Crippen LogP contribution in [0.2, 0.25) is 0 Å². The van der Waals surface area contributed by atoms with Gasteiger partial charge >= 0.3 is 0 Å². The van der Waals surface area contributed by atoms with Crippen molar-refractivity contribution in [2.45, 2.75) is 0 Å². The van der Waals surface area contributed by atoms with E-state index in [1.54, 1.807) is 0 Å². The van der Waals surface area contributed by atoms with Gasteiger partial charge in [-0.2, -0.15) is 0 Å². The summed E-state index contributed by atoms with van der Waals surface area (Å²) in [6.45, 7) is 0. The van der Waals surface area contributed by atoms with Crippen molar-refractivity contribution in [2.24, 2.45) is 0 Å². The van der Waals surface area contributed by atoms with E-state index >= 15 is 0 Å². The molecule has 4 heteroatoms. The highest BCUT2D eigenvalue weighted by Gasteiger charge is 2.02.